The van der Waals surface area contributed by atoms with E-state index in [0.717, 1.165) is 17.5 Å². The van der Waals surface area contributed by atoms with E-state index in [-0.39, 0.29) is 11.6 Å². The normalized spacial score (nSPS) is 22.0. The number of imide groups is 1. The van der Waals surface area contributed by atoms with Crippen molar-refractivity contribution in [3.8, 4) is 0 Å². The van der Waals surface area contributed by atoms with Crippen molar-refractivity contribution in [2.45, 2.75) is 25.5 Å². The summed E-state index contributed by atoms with van der Waals surface area (Å²) < 4.78 is 0. The molecule has 0 saturated carbocycles. The van der Waals surface area contributed by atoms with Crippen LogP contribution in [0.2, 0.25) is 0 Å². The lowest BCUT2D eigenvalue weighted by Gasteiger charge is -2.28. The summed E-state index contributed by atoms with van der Waals surface area (Å²) in [6.07, 6.45) is -0.158. The van der Waals surface area contributed by atoms with Crippen LogP contribution in [0.25, 0.3) is 0 Å². The Labute approximate surface area is 190 Å². The lowest BCUT2D eigenvalue weighted by Crippen LogP contribution is -2.37. The second kappa shape index (κ2) is 8.14. The largest absolute Gasteiger partial charge is 0.273 e. The summed E-state index contributed by atoms with van der Waals surface area (Å²) in [6, 6.07) is 21.9. The minimum Gasteiger partial charge on any atom is -0.273 e. The van der Waals surface area contributed by atoms with E-state index in [4.69, 9.17) is 4.84 Å². The van der Waals surface area contributed by atoms with Gasteiger partial charge in [0, 0.05) is 12.1 Å². The number of non-ortho nitro benzene ring substituents is 1. The van der Waals surface area contributed by atoms with Crippen molar-refractivity contribution in [1.29, 1.82) is 0 Å². The molecule has 2 heterocycles. The summed E-state index contributed by atoms with van der Waals surface area (Å²) in [7, 11) is 0. The molecular weight excluding hydrogens is 422 g/mol. The monoisotopic (exact) mass is 443 g/mol. The fourth-order valence-electron chi connectivity index (χ4n) is 4.50. The Balaban J connectivity index is 1.59. The Morgan fingerprint density at radius 1 is 0.909 bits per heavy atom. The first kappa shape index (κ1) is 20.8. The molecule has 0 spiro atoms. The Morgan fingerprint density at radius 2 is 1.61 bits per heavy atom. The number of carbonyl (C=O) groups excluding carboxylic acids is 2. The number of hydrogen-bond donors (Lipinski definition) is 0. The molecule has 5 rings (SSSR count). The van der Waals surface area contributed by atoms with Gasteiger partial charge in [-0.2, -0.15) is 0 Å². The van der Waals surface area contributed by atoms with Crippen LogP contribution >= 0.6 is 0 Å². The number of aryl methyl sites for hydroxylation is 1. The van der Waals surface area contributed by atoms with E-state index in [9.17, 15) is 19.7 Å². The molecular formula is C25H21N3O5. The molecule has 0 radical (unpaired) electrons. The van der Waals surface area contributed by atoms with Crippen molar-refractivity contribution >= 4 is 28.9 Å². The minimum absolute atomic E-state index is 0.100. The predicted molar refractivity (Wildman–Crippen MR) is 121 cm³/mol. The molecule has 2 aliphatic heterocycles. The molecule has 2 aliphatic rings. The molecule has 3 aromatic rings. The highest BCUT2D eigenvalue weighted by Gasteiger charge is 2.60. The average Bonchev–Trinajstić information content (AvgIpc) is 3.35. The molecule has 0 aliphatic carbocycles. The quantitative estimate of drug-likeness (QED) is 0.333. The fraction of sp³-hybridized carbons (Fsp3) is 0.200. The molecule has 166 valence electrons. The SMILES string of the molecule is CCc1ccc(C2C3C(=O)N(c4ccccc4)C(=O)C3ON2c2cccc([N+](=O)[O-])c2)cc1. The lowest BCUT2D eigenvalue weighted by atomic mass is 9.90. The molecule has 2 saturated heterocycles. The van der Waals surface area contributed by atoms with Gasteiger partial charge < -0.3 is 0 Å². The van der Waals surface area contributed by atoms with Crippen molar-refractivity contribution in [2.24, 2.45) is 5.92 Å². The van der Waals surface area contributed by atoms with Gasteiger partial charge in [0.15, 0.2) is 6.10 Å². The lowest BCUT2D eigenvalue weighted by molar-refractivity contribution is -0.384. The molecule has 0 N–H and O–H groups in total. The number of carbonyl (C=O) groups is 2. The number of nitro benzene ring substituents is 1. The third kappa shape index (κ3) is 3.44. The second-order valence-electron chi connectivity index (χ2n) is 8.04. The highest BCUT2D eigenvalue weighted by molar-refractivity contribution is 6.23. The van der Waals surface area contributed by atoms with Crippen molar-refractivity contribution in [1.82, 2.24) is 0 Å². The molecule has 0 aromatic heterocycles. The second-order valence-corrected chi connectivity index (χ2v) is 8.04. The molecule has 3 aromatic carbocycles. The van der Waals surface area contributed by atoms with Crippen molar-refractivity contribution in [2.75, 3.05) is 9.96 Å². The zero-order chi connectivity index (χ0) is 23.1. The van der Waals surface area contributed by atoms with E-state index in [1.165, 1.54) is 22.1 Å². The topological polar surface area (TPSA) is 93.0 Å². The molecule has 3 unspecified atom stereocenters. The molecule has 33 heavy (non-hydrogen) atoms. The number of amides is 2. The summed E-state index contributed by atoms with van der Waals surface area (Å²) in [5.74, 6) is -1.59. The van der Waals surface area contributed by atoms with Crippen LogP contribution in [0.15, 0.2) is 78.9 Å². The number of rotatable bonds is 5. The van der Waals surface area contributed by atoms with Crippen molar-refractivity contribution in [3.63, 3.8) is 0 Å². The fourth-order valence-corrected chi connectivity index (χ4v) is 4.50. The summed E-state index contributed by atoms with van der Waals surface area (Å²) in [4.78, 5) is 44.9. The van der Waals surface area contributed by atoms with Gasteiger partial charge in [-0.1, -0.05) is 55.5 Å². The van der Waals surface area contributed by atoms with Gasteiger partial charge in [0.1, 0.15) is 5.92 Å². The van der Waals surface area contributed by atoms with Crippen LogP contribution in [0.4, 0.5) is 17.1 Å². The highest BCUT2D eigenvalue weighted by Crippen LogP contribution is 2.48. The first-order valence-electron chi connectivity index (χ1n) is 10.7. The standard InChI is InChI=1S/C25H21N3O5/c1-2-16-11-13-17(14-12-16)22-21-23(25(30)26(24(21)29)18-7-4-3-5-8-18)33-27(22)19-9-6-10-20(15-19)28(31)32/h3-15,21-23H,2H2,1H3. The maximum Gasteiger partial charge on any atom is 0.271 e. The van der Waals surface area contributed by atoms with Gasteiger partial charge in [0.2, 0.25) is 5.91 Å². The average molecular weight is 443 g/mol. The van der Waals surface area contributed by atoms with E-state index in [1.807, 2.05) is 30.3 Å². The van der Waals surface area contributed by atoms with E-state index < -0.39 is 28.9 Å². The Bertz CT molecular complexity index is 1230. The van der Waals surface area contributed by atoms with Gasteiger partial charge in [0.05, 0.1) is 22.3 Å². The van der Waals surface area contributed by atoms with Gasteiger partial charge >= 0.3 is 0 Å². The number of hydroxylamine groups is 1. The van der Waals surface area contributed by atoms with Crippen LogP contribution in [-0.4, -0.2) is 22.8 Å². The van der Waals surface area contributed by atoms with Crippen LogP contribution in [0.3, 0.4) is 0 Å². The van der Waals surface area contributed by atoms with Crippen LogP contribution in [0.5, 0.6) is 0 Å². The summed E-state index contributed by atoms with van der Waals surface area (Å²) >= 11 is 0. The molecule has 3 atom stereocenters. The van der Waals surface area contributed by atoms with Crippen LogP contribution in [0, 0.1) is 16.0 Å². The maximum atomic E-state index is 13.5. The third-order valence-corrected chi connectivity index (χ3v) is 6.15. The Kier molecular flexibility index (Phi) is 5.14. The number of anilines is 2. The van der Waals surface area contributed by atoms with Gasteiger partial charge in [0.25, 0.3) is 11.6 Å². The van der Waals surface area contributed by atoms with Gasteiger partial charge in [-0.15, -0.1) is 0 Å². The molecule has 8 nitrogen and oxygen atoms in total. The van der Waals surface area contributed by atoms with Crippen LogP contribution in [0.1, 0.15) is 24.1 Å². The van der Waals surface area contributed by atoms with Crippen molar-refractivity contribution in [3.05, 3.63) is 100 Å². The Morgan fingerprint density at radius 3 is 2.27 bits per heavy atom. The number of para-hydroxylation sites is 1. The number of hydrogen-bond acceptors (Lipinski definition) is 6. The number of nitrogens with zero attached hydrogens (tertiary/aromatic N) is 3. The van der Waals surface area contributed by atoms with Crippen LogP contribution in [-0.2, 0) is 20.8 Å². The predicted octanol–water partition coefficient (Wildman–Crippen LogP) is 4.21. The van der Waals surface area contributed by atoms with E-state index in [0.29, 0.717) is 11.4 Å². The number of benzene rings is 3. The van der Waals surface area contributed by atoms with Crippen molar-refractivity contribution < 1.29 is 19.3 Å². The maximum absolute atomic E-state index is 13.5. The van der Waals surface area contributed by atoms with Crippen LogP contribution < -0.4 is 9.96 Å². The van der Waals surface area contributed by atoms with Gasteiger partial charge in [-0.3, -0.25) is 24.5 Å². The molecule has 0 bridgehead atoms. The molecule has 2 fully saturated rings. The third-order valence-electron chi connectivity index (χ3n) is 6.15. The summed E-state index contributed by atoms with van der Waals surface area (Å²) in [5.41, 5.74) is 2.73. The number of nitro groups is 1. The minimum atomic E-state index is -1.02. The highest BCUT2D eigenvalue weighted by atomic mass is 16.7. The van der Waals surface area contributed by atoms with Gasteiger partial charge in [-0.05, 0) is 35.7 Å². The van der Waals surface area contributed by atoms with E-state index in [1.54, 1.807) is 36.4 Å². The smallest absolute Gasteiger partial charge is 0.271 e. The van der Waals surface area contributed by atoms with Gasteiger partial charge in [-0.25, -0.2) is 9.96 Å². The summed E-state index contributed by atoms with van der Waals surface area (Å²) in [5, 5.41) is 12.8. The Hall–Kier alpha value is -4.04. The molecule has 8 heteroatoms. The number of fused-ring (bicyclic) bond motifs is 1. The first-order chi connectivity index (χ1) is 16.0. The summed E-state index contributed by atoms with van der Waals surface area (Å²) in [6.45, 7) is 2.05. The molecule has 2 amide bonds. The first-order valence-corrected chi connectivity index (χ1v) is 10.7. The zero-order valence-electron chi connectivity index (χ0n) is 17.8. The van der Waals surface area contributed by atoms with E-state index >= 15 is 0 Å². The van der Waals surface area contributed by atoms with E-state index in [2.05, 4.69) is 6.92 Å². The zero-order valence-corrected chi connectivity index (χ0v) is 17.8.